The number of methoxy groups -OCH3 is 1. The minimum Gasteiger partial charge on any atom is -0.469 e. The van der Waals surface area contributed by atoms with Crippen LogP contribution < -0.4 is 5.32 Å². The summed E-state index contributed by atoms with van der Waals surface area (Å²) < 4.78 is 4.65. The van der Waals surface area contributed by atoms with Gasteiger partial charge in [-0.1, -0.05) is 6.92 Å². The normalized spacial score (nSPS) is 25.4. The first-order chi connectivity index (χ1) is 7.90. The van der Waals surface area contributed by atoms with Crippen LogP contribution >= 0.6 is 0 Å². The molecule has 0 aromatic heterocycles. The molecule has 1 rings (SSSR count). The zero-order chi connectivity index (χ0) is 13.1. The maximum atomic E-state index is 12.2. The third-order valence-electron chi connectivity index (χ3n) is 3.38. The molecule has 0 aliphatic carbocycles. The number of carbonyl (C=O) groups excluding carboxylic acids is 2. The molecule has 2 unspecified atom stereocenters. The van der Waals surface area contributed by atoms with Crippen LogP contribution in [0.1, 0.15) is 20.3 Å². The largest absolute Gasteiger partial charge is 0.469 e. The fourth-order valence-corrected chi connectivity index (χ4v) is 2.23. The Labute approximate surface area is 102 Å². The van der Waals surface area contributed by atoms with Crippen molar-refractivity contribution in [3.8, 4) is 0 Å². The molecule has 5 nitrogen and oxygen atoms in total. The summed E-state index contributed by atoms with van der Waals surface area (Å²) >= 11 is 0. The van der Waals surface area contributed by atoms with Gasteiger partial charge in [0.25, 0.3) is 0 Å². The van der Waals surface area contributed by atoms with Gasteiger partial charge in [-0.25, -0.2) is 0 Å². The Bertz CT molecular complexity index is 298. The molecule has 1 N–H and O–H groups in total. The van der Waals surface area contributed by atoms with Crippen molar-refractivity contribution in [3.63, 3.8) is 0 Å². The molecule has 0 aromatic carbocycles. The lowest BCUT2D eigenvalue weighted by molar-refractivity contribution is -0.147. The summed E-state index contributed by atoms with van der Waals surface area (Å²) in [4.78, 5) is 25.2. The van der Waals surface area contributed by atoms with Crippen LogP contribution in [0.5, 0.6) is 0 Å². The second-order valence-corrected chi connectivity index (χ2v) is 5.10. The molecule has 0 aromatic rings. The van der Waals surface area contributed by atoms with Gasteiger partial charge >= 0.3 is 5.97 Å². The minimum atomic E-state index is -0.329. The highest BCUT2D eigenvalue weighted by molar-refractivity contribution is 5.83. The Morgan fingerprint density at radius 2 is 2.18 bits per heavy atom. The summed E-state index contributed by atoms with van der Waals surface area (Å²) in [5.41, 5.74) is -0.329. The zero-order valence-corrected chi connectivity index (χ0v) is 11.1. The highest BCUT2D eigenvalue weighted by atomic mass is 16.5. The van der Waals surface area contributed by atoms with E-state index in [9.17, 15) is 9.59 Å². The molecule has 1 aliphatic heterocycles. The fourth-order valence-electron chi connectivity index (χ4n) is 2.23. The lowest BCUT2D eigenvalue weighted by atomic mass is 9.88. The number of hydrogen-bond acceptors (Lipinski definition) is 4. The molecule has 5 heteroatoms. The standard InChI is InChI=1S/C12H22N2O3/c1-9(10(15)17-4)7-14(3)11(16)12(2)5-6-13-8-12/h9,13H,5-8H2,1-4H3. The third kappa shape index (κ3) is 3.19. The molecule has 98 valence electrons. The highest BCUT2D eigenvalue weighted by Crippen LogP contribution is 2.27. The van der Waals surface area contributed by atoms with Gasteiger partial charge in [-0.3, -0.25) is 9.59 Å². The van der Waals surface area contributed by atoms with Crippen LogP contribution in [0.3, 0.4) is 0 Å². The Balaban J connectivity index is 2.55. The van der Waals surface area contributed by atoms with Gasteiger partial charge in [0.05, 0.1) is 18.4 Å². The number of nitrogens with one attached hydrogen (secondary N) is 1. The molecule has 0 spiro atoms. The number of esters is 1. The average molecular weight is 242 g/mol. The van der Waals surface area contributed by atoms with E-state index in [2.05, 4.69) is 10.1 Å². The van der Waals surface area contributed by atoms with Gasteiger partial charge in [0.1, 0.15) is 0 Å². The monoisotopic (exact) mass is 242 g/mol. The lowest BCUT2D eigenvalue weighted by Crippen LogP contribution is -2.44. The summed E-state index contributed by atoms with van der Waals surface area (Å²) in [6, 6.07) is 0. The van der Waals surface area contributed by atoms with E-state index < -0.39 is 0 Å². The smallest absolute Gasteiger partial charge is 0.310 e. The van der Waals surface area contributed by atoms with Gasteiger partial charge < -0.3 is 15.0 Å². The van der Waals surface area contributed by atoms with Crippen LogP contribution in [0.4, 0.5) is 0 Å². The molecule has 1 fully saturated rings. The number of nitrogens with zero attached hydrogens (tertiary/aromatic N) is 1. The van der Waals surface area contributed by atoms with Crippen LogP contribution in [0.2, 0.25) is 0 Å². The van der Waals surface area contributed by atoms with E-state index in [1.54, 1.807) is 18.9 Å². The van der Waals surface area contributed by atoms with E-state index in [1.165, 1.54) is 7.11 Å². The summed E-state index contributed by atoms with van der Waals surface area (Å²) in [5.74, 6) is -0.468. The van der Waals surface area contributed by atoms with E-state index in [4.69, 9.17) is 0 Å². The van der Waals surface area contributed by atoms with Crippen molar-refractivity contribution in [1.82, 2.24) is 10.2 Å². The van der Waals surface area contributed by atoms with Crippen LogP contribution in [0.15, 0.2) is 0 Å². The molecule has 0 saturated carbocycles. The molecule has 1 heterocycles. The van der Waals surface area contributed by atoms with Crippen molar-refractivity contribution in [3.05, 3.63) is 0 Å². The number of rotatable bonds is 4. The van der Waals surface area contributed by atoms with Crippen molar-refractivity contribution in [2.75, 3.05) is 33.8 Å². The van der Waals surface area contributed by atoms with E-state index in [0.717, 1.165) is 13.0 Å². The average Bonchev–Trinajstić information content (AvgIpc) is 2.75. The number of hydrogen-bond donors (Lipinski definition) is 1. The van der Waals surface area contributed by atoms with Crippen molar-refractivity contribution in [2.45, 2.75) is 20.3 Å². The first kappa shape index (κ1) is 14.0. The zero-order valence-electron chi connectivity index (χ0n) is 11.1. The van der Waals surface area contributed by atoms with Gasteiger partial charge in [0.2, 0.25) is 5.91 Å². The van der Waals surface area contributed by atoms with Crippen molar-refractivity contribution >= 4 is 11.9 Å². The fraction of sp³-hybridized carbons (Fsp3) is 0.833. The maximum absolute atomic E-state index is 12.2. The SMILES string of the molecule is COC(=O)C(C)CN(C)C(=O)C1(C)CCNC1. The van der Waals surface area contributed by atoms with Gasteiger partial charge in [0, 0.05) is 20.1 Å². The van der Waals surface area contributed by atoms with E-state index >= 15 is 0 Å². The van der Waals surface area contributed by atoms with Crippen LogP contribution in [-0.4, -0.2) is 50.6 Å². The quantitative estimate of drug-likeness (QED) is 0.718. The molecule has 1 aliphatic rings. The number of ether oxygens (including phenoxy) is 1. The van der Waals surface area contributed by atoms with Crippen molar-refractivity contribution < 1.29 is 14.3 Å². The number of carbonyl (C=O) groups is 2. The second-order valence-electron chi connectivity index (χ2n) is 5.10. The van der Waals surface area contributed by atoms with Crippen LogP contribution in [-0.2, 0) is 14.3 Å². The van der Waals surface area contributed by atoms with Gasteiger partial charge in [-0.15, -0.1) is 0 Å². The molecular formula is C12H22N2O3. The molecule has 17 heavy (non-hydrogen) atoms. The third-order valence-corrected chi connectivity index (χ3v) is 3.38. The molecule has 0 bridgehead atoms. The molecule has 2 atom stereocenters. The Kier molecular flexibility index (Phi) is 4.51. The predicted molar refractivity (Wildman–Crippen MR) is 64.4 cm³/mol. The van der Waals surface area contributed by atoms with E-state index in [-0.39, 0.29) is 23.2 Å². The molecule has 1 saturated heterocycles. The van der Waals surface area contributed by atoms with Crippen LogP contribution in [0, 0.1) is 11.3 Å². The summed E-state index contributed by atoms with van der Waals surface area (Å²) in [6.07, 6.45) is 0.850. The van der Waals surface area contributed by atoms with E-state index in [0.29, 0.717) is 13.1 Å². The van der Waals surface area contributed by atoms with E-state index in [1.807, 2.05) is 6.92 Å². The first-order valence-corrected chi connectivity index (χ1v) is 5.95. The maximum Gasteiger partial charge on any atom is 0.310 e. The minimum absolute atomic E-state index is 0.0956. The van der Waals surface area contributed by atoms with Gasteiger partial charge in [-0.05, 0) is 19.9 Å². The van der Waals surface area contributed by atoms with Crippen LogP contribution in [0.25, 0.3) is 0 Å². The van der Waals surface area contributed by atoms with Gasteiger partial charge in [0.15, 0.2) is 0 Å². The Morgan fingerprint density at radius 3 is 2.65 bits per heavy atom. The first-order valence-electron chi connectivity index (χ1n) is 5.95. The number of amides is 1. The Hall–Kier alpha value is -1.10. The summed E-state index contributed by atoms with van der Waals surface area (Å²) in [6.45, 7) is 5.73. The second kappa shape index (κ2) is 5.49. The molecule has 0 radical (unpaired) electrons. The molecular weight excluding hydrogens is 220 g/mol. The van der Waals surface area contributed by atoms with Crippen molar-refractivity contribution in [1.29, 1.82) is 0 Å². The summed E-state index contributed by atoms with van der Waals surface area (Å²) in [5, 5.41) is 3.20. The topological polar surface area (TPSA) is 58.6 Å². The highest BCUT2D eigenvalue weighted by Gasteiger charge is 2.38. The van der Waals surface area contributed by atoms with Crippen molar-refractivity contribution in [2.24, 2.45) is 11.3 Å². The lowest BCUT2D eigenvalue weighted by Gasteiger charge is -2.29. The summed E-state index contributed by atoms with van der Waals surface area (Å²) in [7, 11) is 3.11. The van der Waals surface area contributed by atoms with Gasteiger partial charge in [-0.2, -0.15) is 0 Å². The predicted octanol–water partition coefficient (Wildman–Crippen LogP) is 0.254. The Morgan fingerprint density at radius 1 is 1.53 bits per heavy atom. The molecule has 1 amide bonds.